The summed E-state index contributed by atoms with van der Waals surface area (Å²) in [6.45, 7) is 3.29. The summed E-state index contributed by atoms with van der Waals surface area (Å²) >= 11 is 0. The molecule has 4 rings (SSSR count). The Morgan fingerprint density at radius 3 is 2.47 bits per heavy atom. The predicted octanol–water partition coefficient (Wildman–Crippen LogP) is 3.40. The first-order chi connectivity index (χ1) is 15.2. The molecule has 1 amide bonds. The molecule has 2 N–H and O–H groups in total. The van der Waals surface area contributed by atoms with Crippen LogP contribution in [0.5, 0.6) is 0 Å². The number of halogens is 1. The molecular formula is C23H23ClN6O2. The van der Waals surface area contributed by atoms with Gasteiger partial charge in [0.15, 0.2) is 0 Å². The van der Waals surface area contributed by atoms with Crippen molar-refractivity contribution >= 4 is 35.6 Å². The molecule has 0 spiro atoms. The molecule has 1 fully saturated rings. The molecule has 8 nitrogen and oxygen atoms in total. The molecule has 3 aromatic rings. The van der Waals surface area contributed by atoms with Crippen LogP contribution in [-0.4, -0.2) is 48.7 Å². The summed E-state index contributed by atoms with van der Waals surface area (Å²) in [7, 11) is 0. The number of nitriles is 1. The first-order valence-electron chi connectivity index (χ1n) is 10.0. The van der Waals surface area contributed by atoms with Crippen LogP contribution in [-0.2, 0) is 4.74 Å². The summed E-state index contributed by atoms with van der Waals surface area (Å²) in [4.78, 5) is 23.1. The number of anilines is 3. The van der Waals surface area contributed by atoms with Crippen molar-refractivity contribution in [3.63, 3.8) is 0 Å². The Labute approximate surface area is 192 Å². The highest BCUT2D eigenvalue weighted by molar-refractivity contribution is 5.94. The van der Waals surface area contributed by atoms with Gasteiger partial charge in [-0.25, -0.2) is 9.97 Å². The lowest BCUT2D eigenvalue weighted by Crippen LogP contribution is -2.36. The maximum Gasteiger partial charge on any atom is 0.252 e. The molecule has 1 aliphatic rings. The number of hydrogen-bond acceptors (Lipinski definition) is 7. The number of amides is 1. The molecule has 0 radical (unpaired) electrons. The van der Waals surface area contributed by atoms with E-state index in [9.17, 15) is 4.79 Å². The topological polar surface area (TPSA) is 103 Å². The fraction of sp³-hybridized carbons (Fsp3) is 0.217. The fourth-order valence-corrected chi connectivity index (χ4v) is 3.30. The molecule has 0 saturated carbocycles. The second kappa shape index (κ2) is 11.1. The van der Waals surface area contributed by atoms with Gasteiger partial charge >= 0.3 is 0 Å². The van der Waals surface area contributed by atoms with Crippen molar-refractivity contribution in [3.05, 3.63) is 66.4 Å². The van der Waals surface area contributed by atoms with Crippen molar-refractivity contribution in [1.29, 1.82) is 5.26 Å². The first-order valence-corrected chi connectivity index (χ1v) is 10.0. The van der Waals surface area contributed by atoms with Crippen molar-refractivity contribution < 1.29 is 9.53 Å². The highest BCUT2D eigenvalue weighted by atomic mass is 35.5. The van der Waals surface area contributed by atoms with E-state index in [-0.39, 0.29) is 24.9 Å². The number of rotatable bonds is 6. The summed E-state index contributed by atoms with van der Waals surface area (Å²) in [6.07, 6.45) is 1.69. The molecule has 1 aliphatic heterocycles. The Kier molecular flexibility index (Phi) is 7.97. The van der Waals surface area contributed by atoms with Crippen molar-refractivity contribution in [2.75, 3.05) is 43.1 Å². The Balaban J connectivity index is 0.00000289. The van der Waals surface area contributed by atoms with Gasteiger partial charge in [-0.1, -0.05) is 12.1 Å². The molecule has 0 atom stereocenters. The zero-order valence-corrected chi connectivity index (χ0v) is 18.1. The number of aromatic nitrogens is 2. The fourth-order valence-electron chi connectivity index (χ4n) is 3.30. The number of nitrogens with one attached hydrogen (secondary N) is 2. The molecule has 0 unspecified atom stereocenters. The predicted molar refractivity (Wildman–Crippen MR) is 125 cm³/mol. The van der Waals surface area contributed by atoms with Crippen LogP contribution in [0.3, 0.4) is 0 Å². The molecule has 32 heavy (non-hydrogen) atoms. The molecule has 1 aromatic heterocycles. The monoisotopic (exact) mass is 450 g/mol. The zero-order chi connectivity index (χ0) is 21.5. The van der Waals surface area contributed by atoms with E-state index in [0.29, 0.717) is 11.5 Å². The van der Waals surface area contributed by atoms with E-state index in [1.165, 1.54) is 5.69 Å². The van der Waals surface area contributed by atoms with Gasteiger partial charge in [0.1, 0.15) is 6.54 Å². The van der Waals surface area contributed by atoms with Gasteiger partial charge in [-0.15, -0.1) is 12.4 Å². The molecule has 1 saturated heterocycles. The number of hydrogen-bond donors (Lipinski definition) is 2. The van der Waals surface area contributed by atoms with Crippen LogP contribution in [0, 0.1) is 11.3 Å². The summed E-state index contributed by atoms with van der Waals surface area (Å²) in [5, 5.41) is 14.3. The molecule has 9 heteroatoms. The number of ether oxygens (including phenoxy) is 1. The average molecular weight is 451 g/mol. The largest absolute Gasteiger partial charge is 0.378 e. The summed E-state index contributed by atoms with van der Waals surface area (Å²) in [5.41, 5.74) is 4.17. The van der Waals surface area contributed by atoms with Crippen LogP contribution >= 0.6 is 12.4 Å². The standard InChI is InChI=1S/C23H22N6O2.ClH/c24-10-12-25-22(30)18-3-1-17(2-4-18)21-9-11-26-23(28-21)27-19-5-7-20(8-6-19)29-13-15-31-16-14-29;/h1-9,11H,12-16H2,(H,25,30)(H,26,27,28);1H. The van der Waals surface area contributed by atoms with E-state index < -0.39 is 0 Å². The van der Waals surface area contributed by atoms with Gasteiger partial charge in [0.05, 0.1) is 25.0 Å². The second-order valence-corrected chi connectivity index (χ2v) is 6.95. The van der Waals surface area contributed by atoms with Crippen LogP contribution in [0.1, 0.15) is 10.4 Å². The maximum absolute atomic E-state index is 11.9. The SMILES string of the molecule is Cl.N#CCNC(=O)c1ccc(-c2ccnc(Nc3ccc(N4CCOCC4)cc3)n2)cc1. The Morgan fingerprint density at radius 1 is 1.06 bits per heavy atom. The van der Waals surface area contributed by atoms with Gasteiger partial charge in [0.25, 0.3) is 5.91 Å². The molecular weight excluding hydrogens is 428 g/mol. The van der Waals surface area contributed by atoms with E-state index in [4.69, 9.17) is 10.00 Å². The van der Waals surface area contributed by atoms with Gasteiger partial charge in [-0.2, -0.15) is 5.26 Å². The normalized spacial score (nSPS) is 12.9. The third-order valence-electron chi connectivity index (χ3n) is 4.93. The van der Waals surface area contributed by atoms with Crippen LogP contribution in [0.2, 0.25) is 0 Å². The maximum atomic E-state index is 11.9. The minimum absolute atomic E-state index is 0. The minimum atomic E-state index is -0.279. The lowest BCUT2D eigenvalue weighted by molar-refractivity contribution is 0.0958. The van der Waals surface area contributed by atoms with Gasteiger partial charge in [-0.3, -0.25) is 4.79 Å². The van der Waals surface area contributed by atoms with Crippen LogP contribution in [0.25, 0.3) is 11.3 Å². The third kappa shape index (κ3) is 5.72. The number of nitrogens with zero attached hydrogens (tertiary/aromatic N) is 4. The van der Waals surface area contributed by atoms with Crippen molar-refractivity contribution in [2.24, 2.45) is 0 Å². The van der Waals surface area contributed by atoms with Crippen LogP contribution < -0.4 is 15.5 Å². The summed E-state index contributed by atoms with van der Waals surface area (Å²) in [5.74, 6) is 0.214. The zero-order valence-electron chi connectivity index (χ0n) is 17.3. The summed E-state index contributed by atoms with van der Waals surface area (Å²) < 4.78 is 5.40. The van der Waals surface area contributed by atoms with Gasteiger partial charge in [-0.05, 0) is 42.5 Å². The molecule has 0 bridgehead atoms. The lowest BCUT2D eigenvalue weighted by atomic mass is 10.1. The Bertz CT molecular complexity index is 1080. The lowest BCUT2D eigenvalue weighted by Gasteiger charge is -2.28. The van der Waals surface area contributed by atoms with Gasteiger partial charge in [0.2, 0.25) is 5.95 Å². The van der Waals surface area contributed by atoms with Crippen LogP contribution in [0.15, 0.2) is 60.8 Å². The Hall–Kier alpha value is -3.67. The van der Waals surface area contributed by atoms with Gasteiger partial charge < -0.3 is 20.3 Å². The second-order valence-electron chi connectivity index (χ2n) is 6.95. The number of benzene rings is 2. The van der Waals surface area contributed by atoms with Crippen molar-refractivity contribution in [2.45, 2.75) is 0 Å². The first kappa shape index (κ1) is 23.0. The average Bonchev–Trinajstić information content (AvgIpc) is 2.84. The molecule has 2 aromatic carbocycles. The van der Waals surface area contributed by atoms with Crippen molar-refractivity contribution in [3.8, 4) is 17.3 Å². The number of carbonyl (C=O) groups is 1. The number of carbonyl (C=O) groups excluding carboxylic acids is 1. The highest BCUT2D eigenvalue weighted by Crippen LogP contribution is 2.22. The Morgan fingerprint density at radius 2 is 1.78 bits per heavy atom. The quantitative estimate of drug-likeness (QED) is 0.554. The summed E-state index contributed by atoms with van der Waals surface area (Å²) in [6, 6.07) is 18.9. The minimum Gasteiger partial charge on any atom is -0.378 e. The smallest absolute Gasteiger partial charge is 0.252 e. The van der Waals surface area contributed by atoms with Crippen molar-refractivity contribution in [1.82, 2.24) is 15.3 Å². The van der Waals surface area contributed by atoms with Crippen LogP contribution in [0.4, 0.5) is 17.3 Å². The third-order valence-corrected chi connectivity index (χ3v) is 4.93. The van der Waals surface area contributed by atoms with E-state index >= 15 is 0 Å². The number of morpholine rings is 1. The van der Waals surface area contributed by atoms with E-state index in [1.807, 2.05) is 36.4 Å². The van der Waals surface area contributed by atoms with E-state index in [1.54, 1.807) is 18.3 Å². The van der Waals surface area contributed by atoms with E-state index in [2.05, 4.69) is 37.6 Å². The van der Waals surface area contributed by atoms with Gasteiger partial charge in [0, 0.05) is 41.8 Å². The molecule has 164 valence electrons. The molecule has 2 heterocycles. The highest BCUT2D eigenvalue weighted by Gasteiger charge is 2.11. The molecule has 0 aliphatic carbocycles. The van der Waals surface area contributed by atoms with E-state index in [0.717, 1.165) is 43.2 Å².